The zero-order valence-corrected chi connectivity index (χ0v) is 15.9. The van der Waals surface area contributed by atoms with Crippen LogP contribution in [-0.2, 0) is 4.79 Å². The number of ether oxygens (including phenoxy) is 1. The predicted molar refractivity (Wildman–Crippen MR) is 105 cm³/mol. The van der Waals surface area contributed by atoms with E-state index in [0.29, 0.717) is 21.6 Å². The molecule has 2 heterocycles. The van der Waals surface area contributed by atoms with E-state index in [1.54, 1.807) is 30.5 Å². The fourth-order valence-electron chi connectivity index (χ4n) is 2.63. The number of halogens is 2. The SMILES string of the molecule is CN1CCN(c2ccc(NC(=O)COc3ccc(Cl)cc3Cl)nc2)CC1. The number of aromatic nitrogens is 1. The van der Waals surface area contributed by atoms with Crippen LogP contribution in [0.25, 0.3) is 0 Å². The first kappa shape index (κ1) is 18.8. The van der Waals surface area contributed by atoms with Crippen molar-refractivity contribution in [2.24, 2.45) is 0 Å². The highest BCUT2D eigenvalue weighted by atomic mass is 35.5. The number of likely N-dealkylation sites (N-methyl/N-ethyl adjacent to an activating group) is 1. The summed E-state index contributed by atoms with van der Waals surface area (Å²) in [5.74, 6) is 0.583. The van der Waals surface area contributed by atoms with Crippen LogP contribution in [0.5, 0.6) is 5.75 Å². The van der Waals surface area contributed by atoms with E-state index in [1.807, 2.05) is 6.07 Å². The number of nitrogens with zero attached hydrogens (tertiary/aromatic N) is 3. The minimum atomic E-state index is -0.309. The molecule has 0 saturated carbocycles. The van der Waals surface area contributed by atoms with E-state index in [0.717, 1.165) is 31.9 Å². The van der Waals surface area contributed by atoms with Crippen LogP contribution in [0.15, 0.2) is 36.5 Å². The number of amides is 1. The average molecular weight is 395 g/mol. The van der Waals surface area contributed by atoms with Crippen LogP contribution in [0.2, 0.25) is 10.0 Å². The molecule has 1 saturated heterocycles. The molecule has 1 N–H and O–H groups in total. The zero-order valence-electron chi connectivity index (χ0n) is 14.4. The van der Waals surface area contributed by atoms with Crippen molar-refractivity contribution in [2.45, 2.75) is 0 Å². The summed E-state index contributed by atoms with van der Waals surface area (Å²) in [5, 5.41) is 3.58. The summed E-state index contributed by atoms with van der Waals surface area (Å²) in [6.45, 7) is 3.84. The van der Waals surface area contributed by atoms with Crippen LogP contribution >= 0.6 is 23.2 Å². The van der Waals surface area contributed by atoms with Gasteiger partial charge >= 0.3 is 0 Å². The highest BCUT2D eigenvalue weighted by Gasteiger charge is 2.14. The van der Waals surface area contributed by atoms with Crippen molar-refractivity contribution in [3.05, 3.63) is 46.6 Å². The van der Waals surface area contributed by atoms with Gasteiger partial charge in [-0.25, -0.2) is 4.98 Å². The highest BCUT2D eigenvalue weighted by molar-refractivity contribution is 6.35. The zero-order chi connectivity index (χ0) is 18.5. The van der Waals surface area contributed by atoms with Crippen molar-refractivity contribution in [2.75, 3.05) is 50.1 Å². The standard InChI is InChI=1S/C18H20Cl2N4O2/c1-23-6-8-24(9-7-23)14-3-5-17(21-11-14)22-18(25)12-26-16-4-2-13(19)10-15(16)20/h2-5,10-11H,6-9,12H2,1H3,(H,21,22,25). The lowest BCUT2D eigenvalue weighted by molar-refractivity contribution is -0.118. The monoisotopic (exact) mass is 394 g/mol. The van der Waals surface area contributed by atoms with Crippen LogP contribution in [0.4, 0.5) is 11.5 Å². The molecule has 0 radical (unpaired) electrons. The van der Waals surface area contributed by atoms with Crippen LogP contribution < -0.4 is 15.0 Å². The topological polar surface area (TPSA) is 57.7 Å². The van der Waals surface area contributed by atoms with Crippen molar-refractivity contribution >= 4 is 40.6 Å². The third-order valence-electron chi connectivity index (χ3n) is 4.14. The van der Waals surface area contributed by atoms with E-state index < -0.39 is 0 Å². The molecule has 8 heteroatoms. The van der Waals surface area contributed by atoms with E-state index in [1.165, 1.54) is 0 Å². The number of carbonyl (C=O) groups excluding carboxylic acids is 1. The van der Waals surface area contributed by atoms with Crippen LogP contribution in [0.1, 0.15) is 0 Å². The number of anilines is 2. The number of hydrogen-bond donors (Lipinski definition) is 1. The molecule has 1 aliphatic rings. The Morgan fingerprint density at radius 3 is 2.62 bits per heavy atom. The molecule has 1 fully saturated rings. The Hall–Kier alpha value is -2.02. The number of piperazine rings is 1. The quantitative estimate of drug-likeness (QED) is 0.843. The van der Waals surface area contributed by atoms with Crippen molar-refractivity contribution in [3.8, 4) is 5.75 Å². The van der Waals surface area contributed by atoms with Crippen LogP contribution in [0.3, 0.4) is 0 Å². The van der Waals surface area contributed by atoms with Gasteiger partial charge in [0.2, 0.25) is 0 Å². The van der Waals surface area contributed by atoms with E-state index >= 15 is 0 Å². The minimum absolute atomic E-state index is 0.163. The molecule has 6 nitrogen and oxygen atoms in total. The maximum absolute atomic E-state index is 12.0. The van der Waals surface area contributed by atoms with E-state index in [4.69, 9.17) is 27.9 Å². The van der Waals surface area contributed by atoms with Crippen molar-refractivity contribution < 1.29 is 9.53 Å². The molecule has 1 aromatic heterocycles. The summed E-state index contributed by atoms with van der Waals surface area (Å²) in [6.07, 6.45) is 1.78. The van der Waals surface area contributed by atoms with E-state index in [-0.39, 0.29) is 12.5 Å². The Bertz CT molecular complexity index is 762. The molecule has 138 valence electrons. The summed E-state index contributed by atoms with van der Waals surface area (Å²) in [5.41, 5.74) is 1.06. The molecule has 26 heavy (non-hydrogen) atoms. The molecule has 0 bridgehead atoms. The Morgan fingerprint density at radius 1 is 1.19 bits per heavy atom. The lowest BCUT2D eigenvalue weighted by Crippen LogP contribution is -2.44. The largest absolute Gasteiger partial charge is 0.482 e. The fourth-order valence-corrected chi connectivity index (χ4v) is 3.09. The number of pyridine rings is 1. The smallest absolute Gasteiger partial charge is 0.263 e. The number of benzene rings is 1. The summed E-state index contributed by atoms with van der Waals surface area (Å²) in [6, 6.07) is 8.60. The first-order valence-corrected chi connectivity index (χ1v) is 9.04. The highest BCUT2D eigenvalue weighted by Crippen LogP contribution is 2.27. The van der Waals surface area contributed by atoms with Crippen LogP contribution in [-0.4, -0.2) is 55.6 Å². The number of hydrogen-bond acceptors (Lipinski definition) is 5. The van der Waals surface area contributed by atoms with Crippen molar-refractivity contribution in [3.63, 3.8) is 0 Å². The summed E-state index contributed by atoms with van der Waals surface area (Å²) < 4.78 is 5.41. The van der Waals surface area contributed by atoms with Gasteiger partial charge in [-0.1, -0.05) is 23.2 Å². The van der Waals surface area contributed by atoms with Gasteiger partial charge in [0.15, 0.2) is 6.61 Å². The van der Waals surface area contributed by atoms with Gasteiger partial charge in [-0.05, 0) is 37.4 Å². The van der Waals surface area contributed by atoms with Gasteiger partial charge in [0, 0.05) is 31.2 Å². The van der Waals surface area contributed by atoms with E-state index in [2.05, 4.69) is 27.1 Å². The average Bonchev–Trinajstić information content (AvgIpc) is 2.62. The predicted octanol–water partition coefficient (Wildman–Crippen LogP) is 3.16. The Balaban J connectivity index is 1.51. The second kappa shape index (κ2) is 8.58. The fraction of sp³-hybridized carbons (Fsp3) is 0.333. The molecule has 0 aliphatic carbocycles. The van der Waals surface area contributed by atoms with Gasteiger partial charge in [-0.15, -0.1) is 0 Å². The Labute approximate surface area is 162 Å². The van der Waals surface area contributed by atoms with Gasteiger partial charge in [-0.3, -0.25) is 4.79 Å². The maximum atomic E-state index is 12.0. The Kier molecular flexibility index (Phi) is 6.19. The molecule has 2 aromatic rings. The number of carbonyl (C=O) groups is 1. The maximum Gasteiger partial charge on any atom is 0.263 e. The molecule has 0 atom stereocenters. The van der Waals surface area contributed by atoms with Crippen molar-refractivity contribution in [1.29, 1.82) is 0 Å². The first-order valence-electron chi connectivity index (χ1n) is 8.28. The molecule has 1 amide bonds. The van der Waals surface area contributed by atoms with Gasteiger partial charge in [-0.2, -0.15) is 0 Å². The molecular weight excluding hydrogens is 375 g/mol. The number of nitrogens with one attached hydrogen (secondary N) is 1. The van der Waals surface area contributed by atoms with Crippen molar-refractivity contribution in [1.82, 2.24) is 9.88 Å². The van der Waals surface area contributed by atoms with Gasteiger partial charge in [0.05, 0.1) is 16.9 Å². The normalized spacial score (nSPS) is 15.0. The summed E-state index contributed by atoms with van der Waals surface area (Å²) in [7, 11) is 2.12. The lowest BCUT2D eigenvalue weighted by atomic mass is 10.3. The van der Waals surface area contributed by atoms with E-state index in [9.17, 15) is 4.79 Å². The van der Waals surface area contributed by atoms with Gasteiger partial charge in [0.1, 0.15) is 11.6 Å². The molecule has 0 unspecified atom stereocenters. The summed E-state index contributed by atoms with van der Waals surface area (Å²) >= 11 is 11.8. The minimum Gasteiger partial charge on any atom is -0.482 e. The molecule has 0 spiro atoms. The van der Waals surface area contributed by atoms with Gasteiger partial charge < -0.3 is 19.9 Å². The third kappa shape index (κ3) is 5.00. The first-order chi connectivity index (χ1) is 12.5. The second-order valence-corrected chi connectivity index (χ2v) is 6.95. The third-order valence-corrected chi connectivity index (χ3v) is 4.67. The molecule has 1 aromatic carbocycles. The number of rotatable bonds is 5. The second-order valence-electron chi connectivity index (χ2n) is 6.10. The lowest BCUT2D eigenvalue weighted by Gasteiger charge is -2.33. The Morgan fingerprint density at radius 2 is 1.96 bits per heavy atom. The van der Waals surface area contributed by atoms with Gasteiger partial charge in [0.25, 0.3) is 5.91 Å². The molecule has 1 aliphatic heterocycles. The summed E-state index contributed by atoms with van der Waals surface area (Å²) in [4.78, 5) is 20.9. The molecular formula is C18H20Cl2N4O2. The molecule has 3 rings (SSSR count). The van der Waals surface area contributed by atoms with Crippen LogP contribution in [0, 0.1) is 0 Å².